The molecule has 0 saturated carbocycles. The minimum absolute atomic E-state index is 0.282. The molecule has 0 aromatic heterocycles. The Morgan fingerprint density at radius 2 is 1.91 bits per heavy atom. The van der Waals surface area contributed by atoms with Gasteiger partial charge in [0, 0.05) is 10.0 Å². The molecule has 0 saturated heterocycles. The van der Waals surface area contributed by atoms with Gasteiger partial charge in [0.15, 0.2) is 0 Å². The third kappa shape index (κ3) is 5.83. The summed E-state index contributed by atoms with van der Waals surface area (Å²) in [6.45, 7) is 4.77. The van der Waals surface area contributed by atoms with Crippen LogP contribution in [-0.4, -0.2) is 26.2 Å². The summed E-state index contributed by atoms with van der Waals surface area (Å²) in [6.07, 6.45) is -1.04. The maximum atomic E-state index is 14.2. The number of carbonyl (C=O) groups excluding carboxylic acids is 1. The van der Waals surface area contributed by atoms with Crippen LogP contribution in [0.3, 0.4) is 0 Å². The number of ether oxygens (including phenoxy) is 1. The molecule has 1 atom stereocenters. The Bertz CT molecular complexity index is 684. The first kappa shape index (κ1) is 19.3. The number of halogens is 3. The zero-order valence-corrected chi connectivity index (χ0v) is 15.5. The van der Waals surface area contributed by atoms with Crippen LogP contribution >= 0.6 is 27.5 Å². The molecule has 9 heteroatoms. The Kier molecular flexibility index (Phi) is 6.00. The van der Waals surface area contributed by atoms with Crippen LogP contribution in [0, 0.1) is 5.82 Å². The van der Waals surface area contributed by atoms with Crippen molar-refractivity contribution in [2.45, 2.75) is 32.5 Å². The molecule has 1 aromatic carbocycles. The Labute approximate surface area is 142 Å². The normalized spacial score (nSPS) is 13.8. The summed E-state index contributed by atoms with van der Waals surface area (Å²) in [5.74, 6) is -1.99. The molecule has 0 aliphatic carbocycles. The van der Waals surface area contributed by atoms with Gasteiger partial charge in [0.05, 0.1) is 11.3 Å². The van der Waals surface area contributed by atoms with E-state index in [1.54, 1.807) is 20.8 Å². The number of benzene rings is 1. The van der Waals surface area contributed by atoms with Gasteiger partial charge in [-0.1, -0.05) is 27.5 Å². The quantitative estimate of drug-likeness (QED) is 0.425. The molecular weight excluding hydrogens is 403 g/mol. The molecule has 0 fully saturated rings. The number of hydrogen-bond donors (Lipinski definition) is 0. The van der Waals surface area contributed by atoms with E-state index in [2.05, 4.69) is 15.9 Å². The molecule has 1 unspecified atom stereocenters. The molecular formula is C13H15BrClFO5S. The van der Waals surface area contributed by atoms with Crippen LogP contribution in [0.5, 0.6) is 0 Å². The highest BCUT2D eigenvalue weighted by Gasteiger charge is 2.33. The van der Waals surface area contributed by atoms with Crippen molar-refractivity contribution in [1.82, 2.24) is 0 Å². The Morgan fingerprint density at radius 3 is 2.36 bits per heavy atom. The first-order chi connectivity index (χ1) is 9.80. The predicted molar refractivity (Wildman–Crippen MR) is 83.6 cm³/mol. The van der Waals surface area contributed by atoms with E-state index >= 15 is 0 Å². The fourth-order valence-corrected chi connectivity index (χ4v) is 2.88. The Morgan fingerprint density at radius 1 is 1.36 bits per heavy atom. The van der Waals surface area contributed by atoms with E-state index < -0.39 is 33.6 Å². The molecule has 0 heterocycles. The minimum Gasteiger partial charge on any atom is -0.458 e. The largest absolute Gasteiger partial charge is 0.458 e. The Hall–Kier alpha value is -0.700. The van der Waals surface area contributed by atoms with Crippen molar-refractivity contribution < 1.29 is 26.5 Å². The number of rotatable bonds is 4. The van der Waals surface area contributed by atoms with Gasteiger partial charge in [0.1, 0.15) is 11.4 Å². The van der Waals surface area contributed by atoms with Crippen LogP contribution in [0.15, 0.2) is 16.6 Å². The van der Waals surface area contributed by atoms with Crippen molar-refractivity contribution >= 4 is 43.6 Å². The summed E-state index contributed by atoms with van der Waals surface area (Å²) in [5.41, 5.74) is -1.23. The topological polar surface area (TPSA) is 69.7 Å². The van der Waals surface area contributed by atoms with Gasteiger partial charge in [0.25, 0.3) is 10.1 Å². The van der Waals surface area contributed by atoms with Crippen LogP contribution < -0.4 is 0 Å². The van der Waals surface area contributed by atoms with Crippen molar-refractivity contribution in [1.29, 1.82) is 0 Å². The monoisotopic (exact) mass is 416 g/mol. The second-order valence-corrected chi connectivity index (χ2v) is 8.43. The zero-order chi connectivity index (χ0) is 17.3. The summed E-state index contributed by atoms with van der Waals surface area (Å²) in [5, 5.41) is -0.282. The van der Waals surface area contributed by atoms with Gasteiger partial charge in [-0.2, -0.15) is 8.42 Å². The molecule has 0 radical (unpaired) electrons. The molecule has 0 aliphatic heterocycles. The number of hydrogen-bond acceptors (Lipinski definition) is 5. The highest BCUT2D eigenvalue weighted by molar-refractivity contribution is 9.10. The fourth-order valence-electron chi connectivity index (χ4n) is 1.51. The van der Waals surface area contributed by atoms with Gasteiger partial charge in [-0.05, 0) is 32.9 Å². The SMILES string of the molecule is CC(C)(C)OC(=O)C(OS(C)(=O)=O)c1cc(Br)cc(Cl)c1F. The summed E-state index contributed by atoms with van der Waals surface area (Å²) in [6, 6.07) is 2.48. The lowest BCUT2D eigenvalue weighted by atomic mass is 10.1. The van der Waals surface area contributed by atoms with Gasteiger partial charge in [-0.15, -0.1) is 0 Å². The molecule has 1 aromatic rings. The van der Waals surface area contributed by atoms with E-state index in [9.17, 15) is 17.6 Å². The second-order valence-electron chi connectivity index (χ2n) is 5.50. The van der Waals surface area contributed by atoms with Crippen LogP contribution in [0.25, 0.3) is 0 Å². The second kappa shape index (κ2) is 6.82. The highest BCUT2D eigenvalue weighted by Crippen LogP contribution is 2.32. The summed E-state index contributed by atoms with van der Waals surface area (Å²) < 4.78 is 47.0. The number of carbonyl (C=O) groups is 1. The standard InChI is InChI=1S/C13H15BrClFO5S/c1-13(2,3)20-12(17)11(21-22(4,18)19)8-5-7(14)6-9(15)10(8)16/h5-6,11H,1-4H3. The first-order valence-corrected chi connectivity index (χ1v) is 9.04. The average Bonchev–Trinajstić information content (AvgIpc) is 2.27. The summed E-state index contributed by atoms with van der Waals surface area (Å²) >= 11 is 8.81. The lowest BCUT2D eigenvalue weighted by molar-refractivity contribution is -0.163. The molecule has 0 N–H and O–H groups in total. The predicted octanol–water partition coefficient (Wildman–Crippen LogP) is 3.60. The maximum Gasteiger partial charge on any atom is 0.342 e. The molecule has 0 bridgehead atoms. The molecule has 5 nitrogen and oxygen atoms in total. The maximum absolute atomic E-state index is 14.2. The van der Waals surface area contributed by atoms with Crippen molar-refractivity contribution in [3.8, 4) is 0 Å². The van der Waals surface area contributed by atoms with Gasteiger partial charge in [-0.3, -0.25) is 0 Å². The molecule has 0 aliphatic rings. The van der Waals surface area contributed by atoms with Gasteiger partial charge < -0.3 is 4.74 Å². The molecule has 22 heavy (non-hydrogen) atoms. The molecule has 124 valence electrons. The van der Waals surface area contributed by atoms with E-state index in [1.165, 1.54) is 12.1 Å². The van der Waals surface area contributed by atoms with E-state index in [0.717, 1.165) is 6.26 Å². The Balaban J connectivity index is 3.36. The van der Waals surface area contributed by atoms with Crippen molar-refractivity contribution in [2.24, 2.45) is 0 Å². The van der Waals surface area contributed by atoms with E-state index in [1.807, 2.05) is 0 Å². The lowest BCUT2D eigenvalue weighted by Gasteiger charge is -2.24. The average molecular weight is 418 g/mol. The first-order valence-electron chi connectivity index (χ1n) is 6.06. The molecule has 1 rings (SSSR count). The van der Waals surface area contributed by atoms with Crippen molar-refractivity contribution in [3.63, 3.8) is 0 Å². The van der Waals surface area contributed by atoms with E-state index in [0.29, 0.717) is 4.47 Å². The van der Waals surface area contributed by atoms with Gasteiger partial charge in [-0.25, -0.2) is 13.4 Å². The molecule has 0 amide bonds. The fraction of sp³-hybridized carbons (Fsp3) is 0.462. The van der Waals surface area contributed by atoms with Gasteiger partial charge in [0.2, 0.25) is 6.10 Å². The van der Waals surface area contributed by atoms with Crippen molar-refractivity contribution in [3.05, 3.63) is 33.0 Å². The van der Waals surface area contributed by atoms with Gasteiger partial charge >= 0.3 is 5.97 Å². The van der Waals surface area contributed by atoms with E-state index in [4.69, 9.17) is 20.5 Å². The minimum atomic E-state index is -4.04. The number of esters is 1. The summed E-state index contributed by atoms with van der Waals surface area (Å²) in [7, 11) is -4.04. The van der Waals surface area contributed by atoms with Crippen LogP contribution in [0.4, 0.5) is 4.39 Å². The highest BCUT2D eigenvalue weighted by atomic mass is 79.9. The van der Waals surface area contributed by atoms with Crippen molar-refractivity contribution in [2.75, 3.05) is 6.26 Å². The summed E-state index contributed by atoms with van der Waals surface area (Å²) in [4.78, 5) is 12.2. The lowest BCUT2D eigenvalue weighted by Crippen LogP contribution is -2.30. The smallest absolute Gasteiger partial charge is 0.342 e. The van der Waals surface area contributed by atoms with Crippen LogP contribution in [0.2, 0.25) is 5.02 Å². The van der Waals surface area contributed by atoms with Crippen LogP contribution in [-0.2, 0) is 23.8 Å². The third-order valence-corrected chi connectivity index (χ3v) is 3.47. The van der Waals surface area contributed by atoms with E-state index in [-0.39, 0.29) is 10.6 Å². The zero-order valence-electron chi connectivity index (χ0n) is 12.3. The third-order valence-electron chi connectivity index (χ3n) is 2.20. The van der Waals surface area contributed by atoms with Crippen LogP contribution in [0.1, 0.15) is 32.4 Å². The molecule has 0 spiro atoms.